The van der Waals surface area contributed by atoms with Crippen LogP contribution in [0.5, 0.6) is 0 Å². The highest BCUT2D eigenvalue weighted by molar-refractivity contribution is 5.49. The molecule has 0 radical (unpaired) electrons. The van der Waals surface area contributed by atoms with Crippen molar-refractivity contribution in [3.05, 3.63) is 11.9 Å². The first-order chi connectivity index (χ1) is 8.60. The molecule has 18 heavy (non-hydrogen) atoms. The molecule has 0 amide bonds. The number of hydrogen-bond acceptors (Lipinski definition) is 6. The Labute approximate surface area is 108 Å². The third-order valence-corrected chi connectivity index (χ3v) is 3.42. The van der Waals surface area contributed by atoms with E-state index in [0.29, 0.717) is 11.9 Å². The highest BCUT2D eigenvalue weighted by Gasteiger charge is 2.22. The van der Waals surface area contributed by atoms with E-state index in [1.807, 2.05) is 13.0 Å². The van der Waals surface area contributed by atoms with Crippen molar-refractivity contribution in [2.45, 2.75) is 25.8 Å². The Morgan fingerprint density at radius 3 is 2.89 bits per heavy atom. The van der Waals surface area contributed by atoms with Crippen molar-refractivity contribution >= 4 is 11.6 Å². The van der Waals surface area contributed by atoms with Gasteiger partial charge in [0, 0.05) is 25.2 Å². The van der Waals surface area contributed by atoms with Crippen molar-refractivity contribution in [3.8, 4) is 0 Å². The SMILES string of the molecule is Cc1nc(NN)cc(N2CCCC(N(C)C)C2)n1. The van der Waals surface area contributed by atoms with Crippen molar-refractivity contribution in [1.82, 2.24) is 14.9 Å². The Hall–Kier alpha value is -1.40. The van der Waals surface area contributed by atoms with Gasteiger partial charge in [-0.2, -0.15) is 0 Å². The maximum absolute atomic E-state index is 5.43. The summed E-state index contributed by atoms with van der Waals surface area (Å²) in [5.41, 5.74) is 2.59. The summed E-state index contributed by atoms with van der Waals surface area (Å²) >= 11 is 0. The van der Waals surface area contributed by atoms with Crippen LogP contribution in [0.3, 0.4) is 0 Å². The number of hydrogen-bond donors (Lipinski definition) is 2. The van der Waals surface area contributed by atoms with Crippen LogP contribution in [0.25, 0.3) is 0 Å². The molecule has 1 aromatic heterocycles. The minimum Gasteiger partial charge on any atom is -0.355 e. The fraction of sp³-hybridized carbons (Fsp3) is 0.667. The third kappa shape index (κ3) is 2.88. The van der Waals surface area contributed by atoms with Gasteiger partial charge in [0.25, 0.3) is 0 Å². The number of nitrogens with two attached hydrogens (primary N) is 1. The van der Waals surface area contributed by atoms with E-state index in [-0.39, 0.29) is 0 Å². The smallest absolute Gasteiger partial charge is 0.145 e. The monoisotopic (exact) mass is 250 g/mol. The molecule has 1 atom stereocenters. The number of nitrogens with zero attached hydrogens (tertiary/aromatic N) is 4. The normalized spacial score (nSPS) is 20.3. The van der Waals surface area contributed by atoms with Crippen LogP contribution >= 0.6 is 0 Å². The number of anilines is 2. The first-order valence-electron chi connectivity index (χ1n) is 6.34. The molecular weight excluding hydrogens is 228 g/mol. The summed E-state index contributed by atoms with van der Waals surface area (Å²) in [4.78, 5) is 13.3. The number of rotatable bonds is 3. The summed E-state index contributed by atoms with van der Waals surface area (Å²) in [6.07, 6.45) is 2.44. The molecule has 3 N–H and O–H groups in total. The third-order valence-electron chi connectivity index (χ3n) is 3.42. The number of aromatic nitrogens is 2. The number of likely N-dealkylation sites (N-methyl/N-ethyl adjacent to an activating group) is 1. The van der Waals surface area contributed by atoms with Crippen LogP contribution in [0.4, 0.5) is 11.6 Å². The molecule has 1 fully saturated rings. The lowest BCUT2D eigenvalue weighted by Crippen LogP contribution is -2.45. The van der Waals surface area contributed by atoms with Gasteiger partial charge >= 0.3 is 0 Å². The zero-order valence-corrected chi connectivity index (χ0v) is 11.3. The van der Waals surface area contributed by atoms with Gasteiger partial charge in [0.15, 0.2) is 0 Å². The van der Waals surface area contributed by atoms with Crippen LogP contribution in [0.15, 0.2) is 6.07 Å². The van der Waals surface area contributed by atoms with Crippen molar-refractivity contribution in [3.63, 3.8) is 0 Å². The van der Waals surface area contributed by atoms with Gasteiger partial charge in [-0.05, 0) is 33.9 Å². The largest absolute Gasteiger partial charge is 0.355 e. The Kier molecular flexibility index (Phi) is 3.98. The predicted molar refractivity (Wildman–Crippen MR) is 73.5 cm³/mol. The molecule has 6 nitrogen and oxygen atoms in total. The van der Waals surface area contributed by atoms with E-state index in [4.69, 9.17) is 5.84 Å². The van der Waals surface area contributed by atoms with Crippen LogP contribution in [-0.2, 0) is 0 Å². The fourth-order valence-electron chi connectivity index (χ4n) is 2.37. The first kappa shape index (κ1) is 13.0. The topological polar surface area (TPSA) is 70.3 Å². The van der Waals surface area contributed by atoms with Crippen molar-refractivity contribution in [2.75, 3.05) is 37.5 Å². The molecule has 0 bridgehead atoms. The van der Waals surface area contributed by atoms with Crippen LogP contribution in [0.2, 0.25) is 0 Å². The molecule has 1 aromatic rings. The van der Waals surface area contributed by atoms with E-state index in [2.05, 4.69) is 39.3 Å². The number of nitrogen functional groups attached to an aromatic ring is 1. The zero-order valence-electron chi connectivity index (χ0n) is 11.3. The molecule has 6 heteroatoms. The number of nitrogens with one attached hydrogen (secondary N) is 1. The van der Waals surface area contributed by atoms with E-state index in [1.165, 1.54) is 12.8 Å². The molecule has 0 saturated carbocycles. The molecule has 2 rings (SSSR count). The molecule has 1 aliphatic rings. The van der Waals surface area contributed by atoms with Crippen LogP contribution < -0.4 is 16.2 Å². The molecule has 0 aliphatic carbocycles. The molecule has 0 aromatic carbocycles. The number of piperidine rings is 1. The van der Waals surface area contributed by atoms with Crippen molar-refractivity contribution < 1.29 is 0 Å². The van der Waals surface area contributed by atoms with Gasteiger partial charge in [0.2, 0.25) is 0 Å². The Morgan fingerprint density at radius 1 is 1.44 bits per heavy atom. The standard InChI is InChI=1S/C12H22N6/c1-9-14-11(16-13)7-12(15-9)18-6-4-5-10(8-18)17(2)3/h7,10H,4-6,8,13H2,1-3H3,(H,14,15,16). The Morgan fingerprint density at radius 2 is 2.22 bits per heavy atom. The maximum Gasteiger partial charge on any atom is 0.145 e. The van der Waals surface area contributed by atoms with E-state index in [0.717, 1.165) is 24.7 Å². The van der Waals surface area contributed by atoms with Gasteiger partial charge in [0.1, 0.15) is 17.5 Å². The fourth-order valence-corrected chi connectivity index (χ4v) is 2.37. The minimum atomic E-state index is 0.586. The molecule has 1 aliphatic heterocycles. The molecule has 2 heterocycles. The highest BCUT2D eigenvalue weighted by Crippen LogP contribution is 2.21. The van der Waals surface area contributed by atoms with Gasteiger partial charge in [-0.3, -0.25) is 0 Å². The Bertz CT molecular complexity index is 406. The highest BCUT2D eigenvalue weighted by atomic mass is 15.3. The lowest BCUT2D eigenvalue weighted by molar-refractivity contribution is 0.257. The maximum atomic E-state index is 5.43. The minimum absolute atomic E-state index is 0.586. The quantitative estimate of drug-likeness (QED) is 0.605. The zero-order chi connectivity index (χ0) is 13.1. The summed E-state index contributed by atoms with van der Waals surface area (Å²) in [6.45, 7) is 3.94. The lowest BCUT2D eigenvalue weighted by Gasteiger charge is -2.36. The second kappa shape index (κ2) is 5.49. The van der Waals surface area contributed by atoms with Crippen LogP contribution in [-0.4, -0.2) is 48.1 Å². The lowest BCUT2D eigenvalue weighted by atomic mass is 10.1. The average molecular weight is 250 g/mol. The summed E-state index contributed by atoms with van der Waals surface area (Å²) in [5, 5.41) is 0. The molecule has 1 unspecified atom stereocenters. The summed E-state index contributed by atoms with van der Waals surface area (Å²) in [6, 6.07) is 2.49. The number of hydrazine groups is 1. The van der Waals surface area contributed by atoms with Gasteiger partial charge in [0.05, 0.1) is 0 Å². The van der Waals surface area contributed by atoms with Gasteiger partial charge in [-0.25, -0.2) is 15.8 Å². The van der Waals surface area contributed by atoms with Gasteiger partial charge < -0.3 is 15.2 Å². The van der Waals surface area contributed by atoms with Crippen LogP contribution in [0.1, 0.15) is 18.7 Å². The molecular formula is C12H22N6. The van der Waals surface area contributed by atoms with Crippen molar-refractivity contribution in [2.24, 2.45) is 5.84 Å². The summed E-state index contributed by atoms with van der Waals surface area (Å²) in [5.74, 6) is 7.80. The second-order valence-electron chi connectivity index (χ2n) is 5.01. The second-order valence-corrected chi connectivity index (χ2v) is 5.01. The van der Waals surface area contributed by atoms with E-state index in [9.17, 15) is 0 Å². The molecule has 0 spiro atoms. The molecule has 100 valence electrons. The summed E-state index contributed by atoms with van der Waals surface area (Å²) in [7, 11) is 4.26. The van der Waals surface area contributed by atoms with E-state index >= 15 is 0 Å². The average Bonchev–Trinajstić information content (AvgIpc) is 2.38. The number of aryl methyl sites for hydroxylation is 1. The van der Waals surface area contributed by atoms with Crippen LogP contribution in [0, 0.1) is 6.92 Å². The predicted octanol–water partition coefficient (Wildman–Crippen LogP) is 0.601. The van der Waals surface area contributed by atoms with E-state index in [1.54, 1.807) is 0 Å². The van der Waals surface area contributed by atoms with Gasteiger partial charge in [-0.15, -0.1) is 0 Å². The van der Waals surface area contributed by atoms with Gasteiger partial charge in [-0.1, -0.05) is 0 Å². The molecule has 1 saturated heterocycles. The summed E-state index contributed by atoms with van der Waals surface area (Å²) < 4.78 is 0. The Balaban J connectivity index is 2.17. The first-order valence-corrected chi connectivity index (χ1v) is 6.34. The van der Waals surface area contributed by atoms with E-state index < -0.39 is 0 Å². The van der Waals surface area contributed by atoms with Crippen molar-refractivity contribution in [1.29, 1.82) is 0 Å².